The number of carbonyl (C=O) groups excluding carboxylic acids is 1. The number of nitrogens with one attached hydrogen (secondary N) is 1. The third-order valence-corrected chi connectivity index (χ3v) is 6.78. The molecule has 2 bridgehead atoms. The molecule has 11 heteroatoms. The predicted octanol–water partition coefficient (Wildman–Crippen LogP) is 4.84. The first kappa shape index (κ1) is 23.5. The molecule has 2 amide bonds. The van der Waals surface area contributed by atoms with Crippen LogP contribution in [0.3, 0.4) is 0 Å². The number of aryl methyl sites for hydroxylation is 1. The van der Waals surface area contributed by atoms with Gasteiger partial charge in [0.1, 0.15) is 12.1 Å². The van der Waals surface area contributed by atoms with Crippen molar-refractivity contribution in [3.05, 3.63) is 29.8 Å². The van der Waals surface area contributed by atoms with Crippen LogP contribution in [0.5, 0.6) is 0 Å². The maximum absolute atomic E-state index is 14.8. The van der Waals surface area contributed by atoms with Crippen LogP contribution in [0.2, 0.25) is 0 Å². The van der Waals surface area contributed by atoms with Crippen LogP contribution in [0.15, 0.2) is 18.5 Å². The normalized spacial score (nSPS) is 25.5. The van der Waals surface area contributed by atoms with Crippen molar-refractivity contribution in [2.45, 2.75) is 63.4 Å². The predicted molar refractivity (Wildman–Crippen MR) is 113 cm³/mol. The minimum atomic E-state index is -4.82. The molecule has 1 saturated heterocycles. The van der Waals surface area contributed by atoms with Gasteiger partial charge in [0.05, 0.1) is 22.9 Å². The number of halogens is 4. The Morgan fingerprint density at radius 3 is 2.67 bits per heavy atom. The molecule has 1 saturated carbocycles. The van der Waals surface area contributed by atoms with E-state index in [0.29, 0.717) is 18.4 Å². The van der Waals surface area contributed by atoms with Crippen LogP contribution in [0.1, 0.15) is 45.1 Å². The van der Waals surface area contributed by atoms with E-state index in [-0.39, 0.29) is 23.7 Å². The third-order valence-electron chi connectivity index (χ3n) is 6.78. The van der Waals surface area contributed by atoms with Crippen molar-refractivity contribution < 1.29 is 27.1 Å². The van der Waals surface area contributed by atoms with Crippen LogP contribution < -0.4 is 5.32 Å². The highest BCUT2D eigenvalue weighted by Gasteiger charge is 2.61. The number of fused-ring (bicyclic) bond motifs is 2. The van der Waals surface area contributed by atoms with Gasteiger partial charge in [0.2, 0.25) is 0 Å². The SMILES string of the molecule is CC[C@@H](OC)[C@@]12C[C@@H](C)C[C@@H](C1)N2C(=O)Nc1cc(-c2ncn(C)n2)c(C(F)(F)F)cc1F. The van der Waals surface area contributed by atoms with Gasteiger partial charge in [-0.05, 0) is 43.7 Å². The average molecular weight is 469 g/mol. The van der Waals surface area contributed by atoms with Gasteiger partial charge in [0, 0.05) is 25.8 Å². The van der Waals surface area contributed by atoms with Gasteiger partial charge in [0.25, 0.3) is 0 Å². The number of methoxy groups -OCH3 is 1. The van der Waals surface area contributed by atoms with Crippen LogP contribution >= 0.6 is 0 Å². The topological polar surface area (TPSA) is 72.3 Å². The van der Waals surface area contributed by atoms with E-state index >= 15 is 0 Å². The molecule has 1 aromatic carbocycles. The molecule has 33 heavy (non-hydrogen) atoms. The van der Waals surface area contributed by atoms with Gasteiger partial charge in [-0.15, -0.1) is 0 Å². The smallest absolute Gasteiger partial charge is 0.379 e. The van der Waals surface area contributed by atoms with Crippen LogP contribution in [0.25, 0.3) is 11.4 Å². The number of benzene rings is 1. The Morgan fingerprint density at radius 1 is 1.36 bits per heavy atom. The third kappa shape index (κ3) is 3.96. The fourth-order valence-corrected chi connectivity index (χ4v) is 5.65. The molecule has 2 aromatic rings. The Morgan fingerprint density at radius 2 is 2.09 bits per heavy atom. The monoisotopic (exact) mass is 469 g/mol. The summed E-state index contributed by atoms with van der Waals surface area (Å²) < 4.78 is 62.4. The van der Waals surface area contributed by atoms with Crippen LogP contribution in [0, 0.1) is 11.7 Å². The lowest BCUT2D eigenvalue weighted by molar-refractivity contribution is -0.162. The number of anilines is 1. The zero-order valence-electron chi connectivity index (χ0n) is 18.9. The lowest BCUT2D eigenvalue weighted by Gasteiger charge is -2.65. The second kappa shape index (κ2) is 8.27. The standard InChI is InChI=1S/C22H27F4N5O2/c1-5-18(33-4)21-9-12(2)6-13(10-21)31(21)20(32)28-17-7-14(19-27-11-30(3)29-19)15(8-16(17)23)22(24,25)26/h7-8,11-13,18H,5-6,9-10H2,1-4H3,(H,28,32)/t12-,13-,18+,21+/m0/s1. The van der Waals surface area contributed by atoms with Crippen molar-refractivity contribution in [1.29, 1.82) is 0 Å². The molecular weight excluding hydrogens is 442 g/mol. The van der Waals surface area contributed by atoms with E-state index in [1.54, 1.807) is 12.0 Å². The highest BCUT2D eigenvalue weighted by atomic mass is 19.4. The number of alkyl halides is 3. The molecule has 0 unspecified atom stereocenters. The number of amides is 2. The number of hydrogen-bond acceptors (Lipinski definition) is 4. The first-order valence-corrected chi connectivity index (χ1v) is 10.9. The van der Waals surface area contributed by atoms with Crippen LogP contribution in [0.4, 0.5) is 28.0 Å². The van der Waals surface area contributed by atoms with Gasteiger partial charge in [-0.1, -0.05) is 13.8 Å². The molecule has 0 spiro atoms. The lowest BCUT2D eigenvalue weighted by Crippen LogP contribution is -2.76. The van der Waals surface area contributed by atoms with Crippen molar-refractivity contribution in [3.8, 4) is 11.4 Å². The van der Waals surface area contributed by atoms with Crippen molar-refractivity contribution in [1.82, 2.24) is 19.7 Å². The van der Waals surface area contributed by atoms with E-state index in [4.69, 9.17) is 4.74 Å². The summed E-state index contributed by atoms with van der Waals surface area (Å²) in [6, 6.07) is 0.754. The maximum Gasteiger partial charge on any atom is 0.417 e. The molecular formula is C22H27F4N5O2. The molecule has 2 aliphatic rings. The average Bonchev–Trinajstić information content (AvgIpc) is 3.15. The Kier molecular flexibility index (Phi) is 5.88. The first-order chi connectivity index (χ1) is 15.5. The molecule has 1 aliphatic carbocycles. The second-order valence-electron chi connectivity index (χ2n) is 9.06. The fraction of sp³-hybridized carbons (Fsp3) is 0.591. The lowest BCUT2D eigenvalue weighted by atomic mass is 9.61. The van der Waals surface area contributed by atoms with Crippen molar-refractivity contribution in [2.75, 3.05) is 12.4 Å². The van der Waals surface area contributed by atoms with Gasteiger partial charge in [-0.25, -0.2) is 14.2 Å². The number of carbonyl (C=O) groups is 1. The summed E-state index contributed by atoms with van der Waals surface area (Å²) in [6.07, 6.45) is -0.707. The number of piperidine rings is 1. The number of nitrogens with zero attached hydrogens (tertiary/aromatic N) is 4. The highest BCUT2D eigenvalue weighted by Crippen LogP contribution is 2.53. The van der Waals surface area contributed by atoms with E-state index < -0.39 is 34.7 Å². The molecule has 1 aromatic heterocycles. The van der Waals surface area contributed by atoms with Gasteiger partial charge in [-0.3, -0.25) is 4.68 Å². The van der Waals surface area contributed by atoms with Crippen molar-refractivity contribution >= 4 is 11.7 Å². The minimum absolute atomic E-state index is 0.0209. The molecule has 4 atom stereocenters. The molecule has 4 rings (SSSR count). The van der Waals surface area contributed by atoms with Crippen LogP contribution in [-0.2, 0) is 18.0 Å². The molecule has 2 heterocycles. The van der Waals surface area contributed by atoms with Gasteiger partial charge >= 0.3 is 12.2 Å². The summed E-state index contributed by atoms with van der Waals surface area (Å²) in [5, 5.41) is 6.43. The number of aromatic nitrogens is 3. The van der Waals surface area contributed by atoms with Gasteiger partial charge < -0.3 is 15.0 Å². The minimum Gasteiger partial charge on any atom is -0.379 e. The van der Waals surface area contributed by atoms with E-state index in [2.05, 4.69) is 22.3 Å². The number of ether oxygens (including phenoxy) is 1. The molecule has 7 nitrogen and oxygen atoms in total. The first-order valence-electron chi connectivity index (χ1n) is 10.9. The Balaban J connectivity index is 1.68. The van der Waals surface area contributed by atoms with Crippen molar-refractivity contribution in [2.24, 2.45) is 13.0 Å². The quantitative estimate of drug-likeness (QED) is 0.636. The maximum atomic E-state index is 14.8. The zero-order chi connectivity index (χ0) is 24.1. The summed E-state index contributed by atoms with van der Waals surface area (Å²) >= 11 is 0. The number of rotatable bonds is 5. The molecule has 1 N–H and O–H groups in total. The van der Waals surface area contributed by atoms with Gasteiger partial charge in [0.15, 0.2) is 5.82 Å². The summed E-state index contributed by atoms with van der Waals surface area (Å²) in [5.41, 5.74) is -2.48. The van der Waals surface area contributed by atoms with Gasteiger partial charge in [-0.2, -0.15) is 18.3 Å². The van der Waals surface area contributed by atoms with Crippen LogP contribution in [-0.4, -0.2) is 50.5 Å². The Bertz CT molecular complexity index is 1050. The summed E-state index contributed by atoms with van der Waals surface area (Å²) in [6.45, 7) is 4.10. The van der Waals surface area contributed by atoms with E-state index in [1.165, 1.54) is 18.1 Å². The Labute approximate surface area is 189 Å². The molecule has 2 fully saturated rings. The zero-order valence-corrected chi connectivity index (χ0v) is 18.9. The van der Waals surface area contributed by atoms with E-state index in [0.717, 1.165) is 25.3 Å². The number of hydrogen-bond donors (Lipinski definition) is 1. The van der Waals surface area contributed by atoms with E-state index in [1.807, 2.05) is 6.92 Å². The molecule has 0 radical (unpaired) electrons. The number of urea groups is 1. The second-order valence-corrected chi connectivity index (χ2v) is 9.06. The summed E-state index contributed by atoms with van der Waals surface area (Å²) in [7, 11) is 3.12. The summed E-state index contributed by atoms with van der Waals surface area (Å²) in [4.78, 5) is 18.8. The highest BCUT2D eigenvalue weighted by molar-refractivity contribution is 5.92. The molecule has 1 aliphatic heterocycles. The largest absolute Gasteiger partial charge is 0.417 e. The molecule has 180 valence electrons. The summed E-state index contributed by atoms with van der Waals surface area (Å²) in [5.74, 6) is -0.985. The van der Waals surface area contributed by atoms with Crippen molar-refractivity contribution in [3.63, 3.8) is 0 Å². The number of likely N-dealkylation sites (tertiary alicyclic amines) is 1. The van der Waals surface area contributed by atoms with E-state index in [9.17, 15) is 22.4 Å². The fourth-order valence-electron chi connectivity index (χ4n) is 5.65. The Hall–Kier alpha value is -2.69.